The normalized spacial score (nSPS) is 12.6. The van der Waals surface area contributed by atoms with Crippen molar-refractivity contribution in [2.45, 2.75) is 12.4 Å². The highest BCUT2D eigenvalue weighted by atomic mass is 32.2. The molecule has 0 heterocycles. The summed E-state index contributed by atoms with van der Waals surface area (Å²) in [5.41, 5.74) is 5.19. The molecule has 5 N–H and O–H groups in total. The first-order valence-electron chi connectivity index (χ1n) is 3.46. The molecule has 0 fully saturated rings. The molecule has 0 aromatic heterocycles. The Morgan fingerprint density at radius 3 is 2.58 bits per heavy atom. The second kappa shape index (κ2) is 6.30. The van der Waals surface area contributed by atoms with Crippen LogP contribution in [0.1, 0.15) is 0 Å². The summed E-state index contributed by atoms with van der Waals surface area (Å²) in [4.78, 5) is 10.2. The van der Waals surface area contributed by atoms with Crippen molar-refractivity contribution < 1.29 is 19.9 Å². The van der Waals surface area contributed by atoms with E-state index >= 15 is 0 Å². The molecule has 0 unspecified atom stereocenters. The van der Waals surface area contributed by atoms with Crippen molar-refractivity contribution in [2.24, 2.45) is 5.73 Å². The molecule has 0 aliphatic heterocycles. The van der Waals surface area contributed by atoms with Crippen LogP contribution in [-0.4, -0.2) is 45.8 Å². The zero-order valence-electron chi connectivity index (χ0n) is 6.51. The number of carbonyl (C=O) groups is 1. The molecule has 1 atom stereocenters. The Hall–Kier alpha value is -0.235. The molecule has 0 aliphatic carbocycles. The van der Waals surface area contributed by atoms with Crippen LogP contribution in [0.2, 0.25) is 6.32 Å². The van der Waals surface area contributed by atoms with Crippen molar-refractivity contribution in [3.05, 3.63) is 0 Å². The van der Waals surface area contributed by atoms with Gasteiger partial charge in [0.1, 0.15) is 6.04 Å². The Labute approximate surface area is 75.1 Å². The third-order valence-corrected chi connectivity index (χ3v) is 2.25. The molecule has 0 amide bonds. The molecular weight excluding hydrogens is 181 g/mol. The first-order chi connectivity index (χ1) is 5.54. The van der Waals surface area contributed by atoms with Gasteiger partial charge in [-0.3, -0.25) is 4.79 Å². The van der Waals surface area contributed by atoms with E-state index < -0.39 is 19.1 Å². The minimum Gasteiger partial charge on any atom is -0.480 e. The van der Waals surface area contributed by atoms with E-state index in [0.717, 1.165) is 0 Å². The molecule has 0 saturated heterocycles. The standard InChI is InChI=1S/C5H12BNO4S/c7-4(5(8)9)3-12-2-1-6(10)11/h4,10-11H,1-3,7H2,(H,8,9)/t4-/m1/s1. The Morgan fingerprint density at radius 1 is 1.58 bits per heavy atom. The van der Waals surface area contributed by atoms with Crippen LogP contribution in [0.5, 0.6) is 0 Å². The second-order valence-corrected chi connectivity index (χ2v) is 3.44. The van der Waals surface area contributed by atoms with E-state index in [0.29, 0.717) is 11.5 Å². The number of hydrogen-bond acceptors (Lipinski definition) is 5. The van der Waals surface area contributed by atoms with E-state index in [1.165, 1.54) is 11.8 Å². The number of carboxylic acid groups (broad SMARTS) is 1. The first kappa shape index (κ1) is 11.8. The van der Waals surface area contributed by atoms with Gasteiger partial charge in [0.15, 0.2) is 0 Å². The highest BCUT2D eigenvalue weighted by molar-refractivity contribution is 7.99. The van der Waals surface area contributed by atoms with E-state index in [4.69, 9.17) is 20.9 Å². The van der Waals surface area contributed by atoms with Gasteiger partial charge < -0.3 is 20.9 Å². The molecule has 0 aromatic rings. The molecule has 12 heavy (non-hydrogen) atoms. The van der Waals surface area contributed by atoms with Crippen molar-refractivity contribution in [2.75, 3.05) is 11.5 Å². The number of carboxylic acids is 1. The van der Waals surface area contributed by atoms with E-state index in [-0.39, 0.29) is 6.32 Å². The van der Waals surface area contributed by atoms with Gasteiger partial charge in [0.25, 0.3) is 0 Å². The Kier molecular flexibility index (Phi) is 6.18. The zero-order valence-corrected chi connectivity index (χ0v) is 7.33. The van der Waals surface area contributed by atoms with E-state index in [1.54, 1.807) is 0 Å². The molecule has 0 radical (unpaired) electrons. The number of rotatable bonds is 6. The lowest BCUT2D eigenvalue weighted by Crippen LogP contribution is -2.32. The molecule has 7 heteroatoms. The number of hydrogen-bond donors (Lipinski definition) is 4. The lowest BCUT2D eigenvalue weighted by atomic mass is 9.88. The van der Waals surface area contributed by atoms with Gasteiger partial charge >= 0.3 is 13.1 Å². The summed E-state index contributed by atoms with van der Waals surface area (Å²) < 4.78 is 0. The average Bonchev–Trinajstić information content (AvgIpc) is 1.97. The quantitative estimate of drug-likeness (QED) is 0.305. The summed E-state index contributed by atoms with van der Waals surface area (Å²) in [5.74, 6) is -0.243. The topological polar surface area (TPSA) is 104 Å². The fourth-order valence-electron chi connectivity index (χ4n) is 0.470. The summed E-state index contributed by atoms with van der Waals surface area (Å²) >= 11 is 1.29. The van der Waals surface area contributed by atoms with Gasteiger partial charge in [-0.15, -0.1) is 0 Å². The molecular formula is C5H12BNO4S. The van der Waals surface area contributed by atoms with E-state index in [1.807, 2.05) is 0 Å². The summed E-state index contributed by atoms with van der Waals surface area (Å²) in [6.45, 7) is 0. The van der Waals surface area contributed by atoms with Crippen molar-refractivity contribution in [3.63, 3.8) is 0 Å². The minimum absolute atomic E-state index is 0.233. The molecule has 0 aliphatic rings. The molecule has 0 bridgehead atoms. The Bertz CT molecular complexity index is 145. The average molecular weight is 193 g/mol. The van der Waals surface area contributed by atoms with E-state index in [2.05, 4.69) is 0 Å². The summed E-state index contributed by atoms with van der Waals surface area (Å²) in [6, 6.07) is -0.870. The summed E-state index contributed by atoms with van der Waals surface area (Å²) in [7, 11) is -1.32. The maximum atomic E-state index is 10.2. The van der Waals surface area contributed by atoms with Crippen LogP contribution in [0.25, 0.3) is 0 Å². The highest BCUT2D eigenvalue weighted by Gasteiger charge is 2.12. The number of aliphatic carboxylic acids is 1. The van der Waals surface area contributed by atoms with E-state index in [9.17, 15) is 4.79 Å². The van der Waals surface area contributed by atoms with Gasteiger partial charge in [-0.1, -0.05) is 0 Å². The van der Waals surface area contributed by atoms with Crippen LogP contribution in [-0.2, 0) is 4.79 Å². The first-order valence-corrected chi connectivity index (χ1v) is 4.61. The van der Waals surface area contributed by atoms with Crippen LogP contribution >= 0.6 is 11.8 Å². The number of thioether (sulfide) groups is 1. The third-order valence-electron chi connectivity index (χ3n) is 1.13. The molecule has 0 spiro atoms. The van der Waals surface area contributed by atoms with Crippen molar-refractivity contribution in [1.29, 1.82) is 0 Å². The van der Waals surface area contributed by atoms with Gasteiger partial charge in [0, 0.05) is 5.75 Å². The SMILES string of the molecule is N[C@H](CSCCB(O)O)C(=O)O. The lowest BCUT2D eigenvalue weighted by molar-refractivity contribution is -0.137. The third kappa shape index (κ3) is 6.47. The van der Waals surface area contributed by atoms with Gasteiger partial charge in [-0.25, -0.2) is 0 Å². The molecule has 5 nitrogen and oxygen atoms in total. The predicted molar refractivity (Wildman–Crippen MR) is 47.9 cm³/mol. The Morgan fingerprint density at radius 2 is 2.17 bits per heavy atom. The van der Waals surface area contributed by atoms with Crippen LogP contribution in [0.3, 0.4) is 0 Å². The second-order valence-electron chi connectivity index (χ2n) is 2.29. The largest absolute Gasteiger partial charge is 0.480 e. The van der Waals surface area contributed by atoms with Gasteiger partial charge in [-0.05, 0) is 12.1 Å². The van der Waals surface area contributed by atoms with Crippen molar-refractivity contribution in [3.8, 4) is 0 Å². The van der Waals surface area contributed by atoms with Crippen LogP contribution in [0, 0.1) is 0 Å². The van der Waals surface area contributed by atoms with Crippen molar-refractivity contribution >= 4 is 24.8 Å². The van der Waals surface area contributed by atoms with Crippen LogP contribution in [0.4, 0.5) is 0 Å². The maximum absolute atomic E-state index is 10.2. The monoisotopic (exact) mass is 193 g/mol. The molecule has 70 valence electrons. The van der Waals surface area contributed by atoms with Gasteiger partial charge in [-0.2, -0.15) is 11.8 Å². The summed E-state index contributed by atoms with van der Waals surface area (Å²) in [5, 5.41) is 25.2. The smallest absolute Gasteiger partial charge is 0.452 e. The fourth-order valence-corrected chi connectivity index (χ4v) is 1.41. The molecule has 0 saturated carbocycles. The maximum Gasteiger partial charge on any atom is 0.452 e. The van der Waals surface area contributed by atoms with Gasteiger partial charge in [0.05, 0.1) is 0 Å². The predicted octanol–water partition coefficient (Wildman–Crippen LogP) is -1.40. The number of nitrogens with two attached hydrogens (primary N) is 1. The summed E-state index contributed by atoms with van der Waals surface area (Å²) in [6.07, 6.45) is 0.233. The Balaban J connectivity index is 3.25. The highest BCUT2D eigenvalue weighted by Crippen LogP contribution is 2.04. The van der Waals surface area contributed by atoms with Crippen LogP contribution < -0.4 is 5.73 Å². The van der Waals surface area contributed by atoms with Crippen molar-refractivity contribution in [1.82, 2.24) is 0 Å². The van der Waals surface area contributed by atoms with Gasteiger partial charge in [0.2, 0.25) is 0 Å². The molecule has 0 aromatic carbocycles. The zero-order chi connectivity index (χ0) is 9.56. The minimum atomic E-state index is -1.32. The molecule has 0 rings (SSSR count). The fraction of sp³-hybridized carbons (Fsp3) is 0.800. The lowest BCUT2D eigenvalue weighted by Gasteiger charge is -2.04. The van der Waals surface area contributed by atoms with Crippen LogP contribution in [0.15, 0.2) is 0 Å².